The predicted octanol–water partition coefficient (Wildman–Crippen LogP) is 4.73. The molecule has 114 valence electrons. The van der Waals surface area contributed by atoms with Crippen LogP contribution in [0.4, 0.5) is 26.3 Å². The summed E-state index contributed by atoms with van der Waals surface area (Å²) in [5.41, 5.74) is -1.48. The minimum atomic E-state index is -4.59. The van der Waals surface area contributed by atoms with Crippen molar-refractivity contribution in [2.75, 3.05) is 0 Å². The van der Waals surface area contributed by atoms with E-state index < -0.39 is 23.6 Å². The van der Waals surface area contributed by atoms with E-state index in [-0.39, 0.29) is 11.0 Å². The lowest BCUT2D eigenvalue weighted by atomic mass is 10.1. The monoisotopic (exact) mass is 372 g/mol. The van der Waals surface area contributed by atoms with Crippen molar-refractivity contribution in [2.24, 2.45) is 0 Å². The lowest BCUT2D eigenvalue weighted by molar-refractivity contribution is -0.142. The molecule has 0 radical (unpaired) electrons. The van der Waals surface area contributed by atoms with Gasteiger partial charge in [-0.2, -0.15) is 31.4 Å². The average Bonchev–Trinajstić information content (AvgIpc) is 2.69. The highest BCUT2D eigenvalue weighted by Crippen LogP contribution is 2.33. The summed E-state index contributed by atoms with van der Waals surface area (Å²) >= 11 is 2.75. The summed E-state index contributed by atoms with van der Waals surface area (Å²) in [4.78, 5) is 0. The zero-order valence-corrected chi connectivity index (χ0v) is 11.7. The molecular weight excluding hydrogens is 366 g/mol. The number of aromatic nitrogens is 2. The first-order valence-electron chi connectivity index (χ1n) is 5.53. The molecule has 0 atom stereocenters. The number of hydrogen-bond donors (Lipinski definition) is 0. The van der Waals surface area contributed by atoms with Gasteiger partial charge in [-0.15, -0.1) is 0 Å². The molecule has 2 rings (SSSR count). The highest BCUT2D eigenvalue weighted by Gasteiger charge is 2.36. The second-order valence-corrected chi connectivity index (χ2v) is 5.07. The first kappa shape index (κ1) is 15.9. The van der Waals surface area contributed by atoms with Crippen LogP contribution in [-0.2, 0) is 18.9 Å². The molecule has 1 aromatic carbocycles. The van der Waals surface area contributed by atoms with E-state index in [1.54, 1.807) is 0 Å². The molecule has 0 bridgehead atoms. The summed E-state index contributed by atoms with van der Waals surface area (Å²) in [6, 6.07) is 4.15. The van der Waals surface area contributed by atoms with Gasteiger partial charge in [0.25, 0.3) is 0 Å². The second-order valence-electron chi connectivity index (χ2n) is 4.22. The molecule has 0 unspecified atom stereocenters. The van der Waals surface area contributed by atoms with E-state index in [1.165, 1.54) is 12.1 Å². The van der Waals surface area contributed by atoms with Crippen LogP contribution in [-0.4, -0.2) is 9.78 Å². The summed E-state index contributed by atoms with van der Waals surface area (Å²) in [5.74, 6) is 0. The number of hydrogen-bond acceptors (Lipinski definition) is 1. The zero-order chi connectivity index (χ0) is 15.8. The predicted molar refractivity (Wildman–Crippen MR) is 65.5 cm³/mol. The van der Waals surface area contributed by atoms with Gasteiger partial charge in [0, 0.05) is 6.20 Å². The first-order valence-corrected chi connectivity index (χ1v) is 6.33. The van der Waals surface area contributed by atoms with Crippen LogP contribution in [0.25, 0.3) is 0 Å². The third kappa shape index (κ3) is 3.78. The van der Waals surface area contributed by atoms with E-state index in [4.69, 9.17) is 0 Å². The van der Waals surface area contributed by atoms with Crippen LogP contribution < -0.4 is 0 Å². The molecule has 0 saturated heterocycles. The van der Waals surface area contributed by atoms with E-state index in [0.717, 1.165) is 23.0 Å². The Hall–Kier alpha value is -1.51. The maximum Gasteiger partial charge on any atom is 0.436 e. The number of halogens is 7. The molecule has 2 aromatic rings. The lowest BCUT2D eigenvalue weighted by Gasteiger charge is -2.07. The highest BCUT2D eigenvalue weighted by atomic mass is 79.9. The average molecular weight is 373 g/mol. The fourth-order valence-corrected chi connectivity index (χ4v) is 2.20. The molecule has 0 amide bonds. The third-order valence-corrected chi connectivity index (χ3v) is 3.19. The summed E-state index contributed by atoms with van der Waals surface area (Å²) in [6.07, 6.45) is -7.92. The van der Waals surface area contributed by atoms with Crippen molar-refractivity contribution in [1.82, 2.24) is 9.78 Å². The fourth-order valence-electron chi connectivity index (χ4n) is 1.66. The van der Waals surface area contributed by atoms with E-state index in [0.29, 0.717) is 5.56 Å². The van der Waals surface area contributed by atoms with Crippen molar-refractivity contribution in [1.29, 1.82) is 0 Å². The van der Waals surface area contributed by atoms with Gasteiger partial charge in [0.05, 0.1) is 16.6 Å². The van der Waals surface area contributed by atoms with Gasteiger partial charge in [-0.05, 0) is 33.6 Å². The van der Waals surface area contributed by atoms with Gasteiger partial charge in [-0.25, -0.2) is 0 Å². The molecule has 2 nitrogen and oxygen atoms in total. The largest absolute Gasteiger partial charge is 0.436 e. The summed E-state index contributed by atoms with van der Waals surface area (Å²) in [5, 5.41) is 3.37. The summed E-state index contributed by atoms with van der Waals surface area (Å²) < 4.78 is 75.6. The Kier molecular flexibility index (Phi) is 4.05. The van der Waals surface area contributed by atoms with Gasteiger partial charge in [0.2, 0.25) is 0 Å². The highest BCUT2D eigenvalue weighted by molar-refractivity contribution is 9.10. The van der Waals surface area contributed by atoms with E-state index in [2.05, 4.69) is 21.0 Å². The topological polar surface area (TPSA) is 17.8 Å². The standard InChI is InChI=1S/C12H7BrF6N2/c13-9-6-21(20-10(9)12(17,18)19)5-7-1-3-8(4-2-7)11(14,15)16/h1-4,6H,5H2. The molecule has 0 saturated carbocycles. The maximum atomic E-state index is 12.6. The van der Waals surface area contributed by atoms with Gasteiger partial charge >= 0.3 is 12.4 Å². The van der Waals surface area contributed by atoms with Crippen molar-refractivity contribution in [3.63, 3.8) is 0 Å². The smallest absolute Gasteiger partial charge is 0.267 e. The fraction of sp³-hybridized carbons (Fsp3) is 0.250. The van der Waals surface area contributed by atoms with Crippen LogP contribution >= 0.6 is 15.9 Å². The van der Waals surface area contributed by atoms with E-state index in [9.17, 15) is 26.3 Å². The molecular formula is C12H7BrF6N2. The van der Waals surface area contributed by atoms with Crippen LogP contribution in [0.3, 0.4) is 0 Å². The third-order valence-electron chi connectivity index (χ3n) is 2.61. The number of benzene rings is 1. The SMILES string of the molecule is FC(F)(F)c1ccc(Cn2cc(Br)c(C(F)(F)F)n2)cc1. The van der Waals surface area contributed by atoms with Crippen LogP contribution in [0.1, 0.15) is 16.8 Å². The van der Waals surface area contributed by atoms with Crippen LogP contribution in [0, 0.1) is 0 Å². The molecule has 0 fully saturated rings. The molecule has 0 aliphatic heterocycles. The van der Waals surface area contributed by atoms with Crippen LogP contribution in [0.5, 0.6) is 0 Å². The van der Waals surface area contributed by atoms with Gasteiger partial charge in [-0.1, -0.05) is 12.1 Å². The summed E-state index contributed by atoms with van der Waals surface area (Å²) in [6.45, 7) is -0.0627. The normalized spacial score (nSPS) is 12.7. The van der Waals surface area contributed by atoms with Crippen LogP contribution in [0.15, 0.2) is 34.9 Å². The van der Waals surface area contributed by atoms with Crippen molar-refractivity contribution in [2.45, 2.75) is 18.9 Å². The number of alkyl halides is 6. The quantitative estimate of drug-likeness (QED) is 0.696. The van der Waals surface area contributed by atoms with Crippen molar-refractivity contribution < 1.29 is 26.3 Å². The minimum Gasteiger partial charge on any atom is -0.267 e. The molecule has 0 spiro atoms. The molecule has 1 aromatic heterocycles. The van der Waals surface area contributed by atoms with Crippen molar-refractivity contribution in [3.05, 3.63) is 51.8 Å². The Balaban J connectivity index is 2.19. The molecule has 1 heterocycles. The minimum absolute atomic E-state index is 0.0627. The number of nitrogens with zero attached hydrogens (tertiary/aromatic N) is 2. The lowest BCUT2D eigenvalue weighted by Crippen LogP contribution is -2.09. The van der Waals surface area contributed by atoms with Crippen LogP contribution in [0.2, 0.25) is 0 Å². The Morgan fingerprint density at radius 3 is 1.95 bits per heavy atom. The van der Waals surface area contributed by atoms with E-state index in [1.807, 2.05) is 0 Å². The molecule has 0 N–H and O–H groups in total. The Morgan fingerprint density at radius 2 is 1.52 bits per heavy atom. The first-order chi connectivity index (χ1) is 9.57. The van der Waals surface area contributed by atoms with Gasteiger partial charge in [0.15, 0.2) is 5.69 Å². The zero-order valence-electron chi connectivity index (χ0n) is 10.1. The maximum absolute atomic E-state index is 12.6. The molecule has 21 heavy (non-hydrogen) atoms. The van der Waals surface area contributed by atoms with Gasteiger partial charge in [-0.3, -0.25) is 4.68 Å². The van der Waals surface area contributed by atoms with Crippen molar-refractivity contribution in [3.8, 4) is 0 Å². The number of rotatable bonds is 2. The molecule has 9 heteroatoms. The molecule has 0 aliphatic rings. The van der Waals surface area contributed by atoms with Crippen molar-refractivity contribution >= 4 is 15.9 Å². The Bertz CT molecular complexity index is 627. The second kappa shape index (κ2) is 5.36. The Morgan fingerprint density at radius 1 is 0.952 bits per heavy atom. The van der Waals surface area contributed by atoms with Gasteiger partial charge in [0.1, 0.15) is 0 Å². The van der Waals surface area contributed by atoms with E-state index >= 15 is 0 Å². The molecule has 0 aliphatic carbocycles. The van der Waals surface area contributed by atoms with Gasteiger partial charge < -0.3 is 0 Å². The summed E-state index contributed by atoms with van der Waals surface area (Å²) in [7, 11) is 0. The Labute approximate surface area is 123 Å².